The first-order valence-electron chi connectivity index (χ1n) is 11.1. The number of hydrogen-bond acceptors (Lipinski definition) is 6. The monoisotopic (exact) mass is 477 g/mol. The third-order valence-corrected chi connectivity index (χ3v) is 6.43. The lowest BCUT2D eigenvalue weighted by Gasteiger charge is -2.09. The molecule has 0 amide bonds. The van der Waals surface area contributed by atoms with Gasteiger partial charge in [0, 0.05) is 22.1 Å². The van der Waals surface area contributed by atoms with Crippen LogP contribution in [0.4, 0.5) is 5.69 Å². The van der Waals surface area contributed by atoms with E-state index in [4.69, 9.17) is 19.5 Å². The highest BCUT2D eigenvalue weighted by atomic mass is 32.1. The molecule has 0 spiro atoms. The zero-order chi connectivity index (χ0) is 24.0. The van der Waals surface area contributed by atoms with Crippen molar-refractivity contribution in [1.29, 1.82) is 0 Å². The molecule has 35 heavy (non-hydrogen) atoms. The smallest absolute Gasteiger partial charge is 0.161 e. The molecule has 172 valence electrons. The molecule has 3 aromatic carbocycles. The fourth-order valence-corrected chi connectivity index (χ4v) is 4.53. The van der Waals surface area contributed by atoms with Crippen molar-refractivity contribution in [3.8, 4) is 33.3 Å². The van der Waals surface area contributed by atoms with E-state index >= 15 is 0 Å². The molecule has 0 radical (unpaired) electrons. The fraction of sp³-hybridized carbons (Fsp3) is 0.0690. The van der Waals surface area contributed by atoms with Gasteiger partial charge in [-0.3, -0.25) is 4.98 Å². The van der Waals surface area contributed by atoms with Gasteiger partial charge in [0.2, 0.25) is 0 Å². The summed E-state index contributed by atoms with van der Waals surface area (Å²) in [4.78, 5) is 15.3. The van der Waals surface area contributed by atoms with Gasteiger partial charge in [-0.2, -0.15) is 0 Å². The van der Waals surface area contributed by atoms with Crippen LogP contribution in [0.1, 0.15) is 11.1 Å². The molecule has 0 saturated heterocycles. The maximum atomic E-state index is 5.44. The minimum absolute atomic E-state index is 0.652. The molecular formula is C29H23N3O2S. The maximum absolute atomic E-state index is 5.44. The van der Waals surface area contributed by atoms with E-state index in [1.54, 1.807) is 38.0 Å². The summed E-state index contributed by atoms with van der Waals surface area (Å²) in [6.45, 7) is 0. The lowest BCUT2D eigenvalue weighted by molar-refractivity contribution is 0.355. The second kappa shape index (κ2) is 10.3. The average molecular weight is 478 g/mol. The van der Waals surface area contributed by atoms with E-state index in [-0.39, 0.29) is 0 Å². The van der Waals surface area contributed by atoms with Gasteiger partial charge in [-0.15, -0.1) is 11.3 Å². The number of rotatable bonds is 7. The molecule has 0 aliphatic carbocycles. The molecule has 2 aromatic heterocycles. The van der Waals surface area contributed by atoms with Crippen LogP contribution in [-0.2, 0) is 0 Å². The van der Waals surface area contributed by atoms with Crippen LogP contribution in [0, 0.1) is 0 Å². The van der Waals surface area contributed by atoms with Crippen molar-refractivity contribution >= 4 is 22.7 Å². The molecule has 0 aliphatic rings. The number of methoxy groups -OCH3 is 2. The molecule has 0 fully saturated rings. The van der Waals surface area contributed by atoms with Crippen molar-refractivity contribution in [3.63, 3.8) is 0 Å². The van der Waals surface area contributed by atoms with Crippen molar-refractivity contribution < 1.29 is 9.47 Å². The predicted octanol–water partition coefficient (Wildman–Crippen LogP) is 7.06. The van der Waals surface area contributed by atoms with Crippen molar-refractivity contribution in [2.45, 2.75) is 0 Å². The number of hydrogen-bond donors (Lipinski definition) is 0. The minimum Gasteiger partial charge on any atom is -0.493 e. The summed E-state index contributed by atoms with van der Waals surface area (Å²) in [5.74, 6) is 1.33. The minimum atomic E-state index is 0.652. The highest BCUT2D eigenvalue weighted by Crippen LogP contribution is 2.34. The van der Waals surface area contributed by atoms with E-state index in [2.05, 4.69) is 35.3 Å². The van der Waals surface area contributed by atoms with Crippen molar-refractivity contribution in [2.24, 2.45) is 4.99 Å². The topological polar surface area (TPSA) is 56.6 Å². The van der Waals surface area contributed by atoms with Crippen LogP contribution in [0.3, 0.4) is 0 Å². The number of thiophene rings is 1. The van der Waals surface area contributed by atoms with Crippen LogP contribution in [-0.4, -0.2) is 29.9 Å². The third-order valence-electron chi connectivity index (χ3n) is 5.49. The first-order chi connectivity index (χ1) is 17.2. The summed E-state index contributed by atoms with van der Waals surface area (Å²) in [6.07, 6.45) is 3.53. The van der Waals surface area contributed by atoms with Gasteiger partial charge in [0.25, 0.3) is 0 Å². The predicted molar refractivity (Wildman–Crippen MR) is 142 cm³/mol. The molecule has 0 bridgehead atoms. The van der Waals surface area contributed by atoms with E-state index in [0.717, 1.165) is 44.4 Å². The zero-order valence-electron chi connectivity index (χ0n) is 19.4. The Labute approximate surface area is 208 Å². The van der Waals surface area contributed by atoms with Crippen LogP contribution < -0.4 is 9.47 Å². The van der Waals surface area contributed by atoms with Crippen molar-refractivity contribution in [1.82, 2.24) is 9.97 Å². The quantitative estimate of drug-likeness (QED) is 0.236. The summed E-state index contributed by atoms with van der Waals surface area (Å²) in [5.41, 5.74) is 6.42. The number of aliphatic imine (C=N–C) groups is 1. The lowest BCUT2D eigenvalue weighted by Crippen LogP contribution is -2.02. The standard InChI is InChI=1S/C29H23N3O2S/c1-33-26-14-13-22(15-27(26)34-2)24-17-30-18-25(32-24)28-16-23(19-35-28)31-29(20-9-5-3-6-10-20)21-11-7-4-8-12-21/h3-19H,1-2H3. The summed E-state index contributed by atoms with van der Waals surface area (Å²) in [5, 5.41) is 2.05. The molecule has 0 unspecified atom stereocenters. The molecule has 6 heteroatoms. The maximum Gasteiger partial charge on any atom is 0.161 e. The lowest BCUT2D eigenvalue weighted by atomic mass is 10.0. The van der Waals surface area contributed by atoms with Gasteiger partial charge < -0.3 is 9.47 Å². The second-order valence-electron chi connectivity index (χ2n) is 7.72. The number of benzene rings is 3. The van der Waals surface area contributed by atoms with Crippen molar-refractivity contribution in [2.75, 3.05) is 14.2 Å². The Balaban J connectivity index is 1.49. The highest BCUT2D eigenvalue weighted by molar-refractivity contribution is 7.14. The van der Waals surface area contributed by atoms with E-state index in [1.807, 2.05) is 60.0 Å². The largest absolute Gasteiger partial charge is 0.493 e. The second-order valence-corrected chi connectivity index (χ2v) is 8.63. The third kappa shape index (κ3) is 4.98. The molecule has 0 saturated carbocycles. The number of aromatic nitrogens is 2. The van der Waals surface area contributed by atoms with Gasteiger partial charge in [0.05, 0.1) is 54.3 Å². The van der Waals surface area contributed by atoms with E-state index in [1.165, 1.54) is 0 Å². The highest BCUT2D eigenvalue weighted by Gasteiger charge is 2.12. The Bertz CT molecular complexity index is 1420. The summed E-state index contributed by atoms with van der Waals surface area (Å²) < 4.78 is 10.8. The van der Waals surface area contributed by atoms with Crippen LogP contribution >= 0.6 is 11.3 Å². The van der Waals surface area contributed by atoms with Gasteiger partial charge >= 0.3 is 0 Å². The molecule has 5 nitrogen and oxygen atoms in total. The summed E-state index contributed by atoms with van der Waals surface area (Å²) in [6, 6.07) is 28.2. The Kier molecular flexibility index (Phi) is 6.63. The van der Waals surface area contributed by atoms with Crippen LogP contribution in [0.5, 0.6) is 11.5 Å². The molecule has 0 N–H and O–H groups in total. The van der Waals surface area contributed by atoms with E-state index in [0.29, 0.717) is 11.5 Å². The van der Waals surface area contributed by atoms with Gasteiger partial charge in [-0.25, -0.2) is 9.98 Å². The molecule has 2 heterocycles. The first kappa shape index (κ1) is 22.5. The van der Waals surface area contributed by atoms with Crippen LogP contribution in [0.25, 0.3) is 21.8 Å². The normalized spacial score (nSPS) is 10.6. The molecule has 0 atom stereocenters. The van der Waals surface area contributed by atoms with Gasteiger partial charge in [-0.05, 0) is 24.3 Å². The zero-order valence-corrected chi connectivity index (χ0v) is 20.2. The summed E-state index contributed by atoms with van der Waals surface area (Å²) in [7, 11) is 3.24. The Morgan fingerprint density at radius 2 is 1.40 bits per heavy atom. The fourth-order valence-electron chi connectivity index (χ4n) is 3.76. The van der Waals surface area contributed by atoms with Gasteiger partial charge in [-0.1, -0.05) is 60.7 Å². The molecular weight excluding hydrogens is 454 g/mol. The van der Waals surface area contributed by atoms with E-state index in [9.17, 15) is 0 Å². The van der Waals surface area contributed by atoms with Gasteiger partial charge in [0.1, 0.15) is 0 Å². The summed E-state index contributed by atoms with van der Waals surface area (Å²) >= 11 is 1.60. The first-order valence-corrected chi connectivity index (χ1v) is 12.0. The van der Waals surface area contributed by atoms with E-state index < -0.39 is 0 Å². The Hall–Kier alpha value is -4.29. The van der Waals surface area contributed by atoms with Gasteiger partial charge in [0.15, 0.2) is 11.5 Å². The van der Waals surface area contributed by atoms with Crippen molar-refractivity contribution in [3.05, 3.63) is 114 Å². The average Bonchev–Trinajstić information content (AvgIpc) is 3.41. The number of nitrogens with zero attached hydrogens (tertiary/aromatic N) is 3. The molecule has 5 rings (SSSR count). The Morgan fingerprint density at radius 1 is 0.743 bits per heavy atom. The van der Waals surface area contributed by atoms with Crippen LogP contribution in [0.2, 0.25) is 0 Å². The Morgan fingerprint density at radius 3 is 2.06 bits per heavy atom. The number of ether oxygens (including phenoxy) is 2. The molecule has 0 aliphatic heterocycles. The SMILES string of the molecule is COc1ccc(-c2cncc(-c3cc(N=C(c4ccccc4)c4ccccc4)cs3)n2)cc1OC. The van der Waals surface area contributed by atoms with Crippen LogP contribution in [0.15, 0.2) is 108 Å². The molecule has 5 aromatic rings.